The molecular weight excluding hydrogens is 653 g/mol. The van der Waals surface area contributed by atoms with Crippen LogP contribution in [0.3, 0.4) is 0 Å². The van der Waals surface area contributed by atoms with Gasteiger partial charge in [-0.15, -0.1) is 5.10 Å². The van der Waals surface area contributed by atoms with Gasteiger partial charge in [0.2, 0.25) is 16.9 Å². The Hall–Kier alpha value is -4.97. The summed E-state index contributed by atoms with van der Waals surface area (Å²) in [5.74, 6) is -0.618. The van der Waals surface area contributed by atoms with Gasteiger partial charge < -0.3 is 5.32 Å². The number of rotatable bonds is 17. The molecule has 0 saturated carbocycles. The molecule has 0 spiro atoms. The van der Waals surface area contributed by atoms with Crippen molar-refractivity contribution in [3.8, 4) is 0 Å². The molecule has 5 aromatic rings. The van der Waals surface area contributed by atoms with Gasteiger partial charge in [0, 0.05) is 51.5 Å². The van der Waals surface area contributed by atoms with Crippen LogP contribution in [0.2, 0.25) is 0 Å². The first kappa shape index (κ1) is 36.3. The van der Waals surface area contributed by atoms with Gasteiger partial charge in [-0.3, -0.25) is 19.1 Å². The summed E-state index contributed by atoms with van der Waals surface area (Å²) >= 11 is 0. The van der Waals surface area contributed by atoms with Crippen LogP contribution in [0.25, 0.3) is 21.8 Å². The average molecular weight is 698 g/mol. The smallest absolute Gasteiger partial charge is 0.269 e. The highest BCUT2D eigenvalue weighted by molar-refractivity contribution is 7.89. The van der Waals surface area contributed by atoms with E-state index in [1.54, 1.807) is 23.9 Å². The van der Waals surface area contributed by atoms with E-state index >= 15 is 0 Å². The maximum Gasteiger partial charge on any atom is 0.269 e. The van der Waals surface area contributed by atoms with Crippen molar-refractivity contribution in [3.63, 3.8) is 0 Å². The number of hydrogen-bond donors (Lipinski definition) is 1. The zero-order valence-corrected chi connectivity index (χ0v) is 29.8. The number of sulfonamides is 1. The van der Waals surface area contributed by atoms with E-state index < -0.39 is 15.9 Å². The lowest BCUT2D eigenvalue weighted by Crippen LogP contribution is -2.40. The molecule has 5 rings (SSSR count). The third-order valence-corrected chi connectivity index (χ3v) is 10.7. The number of Topliss-reactive ketones (excluding diaryl/α,β-unsaturated/α-hetero) is 1. The van der Waals surface area contributed by atoms with Crippen LogP contribution >= 0.6 is 0 Å². The second-order valence-electron chi connectivity index (χ2n) is 12.5. The van der Waals surface area contributed by atoms with Crippen LogP contribution in [-0.2, 0) is 32.7 Å². The quantitative estimate of drug-likeness (QED) is 0.0769. The summed E-state index contributed by atoms with van der Waals surface area (Å²) in [7, 11) is -2.67. The molecule has 0 saturated heterocycles. The number of aryl methyl sites for hydroxylation is 2. The molecule has 0 bridgehead atoms. The number of pyridine rings is 1. The van der Waals surface area contributed by atoms with Crippen LogP contribution in [0.5, 0.6) is 0 Å². The standard InChI is InChI=1S/C38H44N6O5S/c1-4-42-26-29(40-41-42)27-43-34-18-11-9-16-32(34)37(33-17-10-12-19-35(33)43)38(47)44(50(48,49)31-23-21-28(2)22-24-31)25-13-15-30(45)14-7-5-6-8-20-36(46)39-3/h9-12,16-19,21-24,26H,4-8,13-15,20,25,27H2,1-3H3/p+1. The SMILES string of the molecule is CCn1cc(C[n+]2c3ccccc3c(C(=O)N(CCCC(=O)CCCCCCC(=O)NC)S(=O)(=O)c3ccc(C)cc3)c3ccccc32)nn1. The number of para-hydroxylation sites is 2. The molecule has 0 fully saturated rings. The van der Waals surface area contributed by atoms with Gasteiger partial charge in [0.15, 0.2) is 6.54 Å². The topological polar surface area (TPSA) is 135 Å². The maximum atomic E-state index is 14.8. The minimum atomic E-state index is -4.28. The second kappa shape index (κ2) is 16.6. The molecule has 2 amide bonds. The number of aromatic nitrogens is 4. The Labute approximate surface area is 293 Å². The number of benzene rings is 3. The van der Waals surface area contributed by atoms with Crippen molar-refractivity contribution < 1.29 is 27.4 Å². The predicted molar refractivity (Wildman–Crippen MR) is 192 cm³/mol. The molecule has 0 aliphatic rings. The van der Waals surface area contributed by atoms with Gasteiger partial charge in [0.05, 0.1) is 27.4 Å². The van der Waals surface area contributed by atoms with Crippen molar-refractivity contribution in [1.82, 2.24) is 24.6 Å². The van der Waals surface area contributed by atoms with Crippen molar-refractivity contribution >= 4 is 49.4 Å². The number of carbonyl (C=O) groups excluding carboxylic acids is 3. The van der Waals surface area contributed by atoms with Crippen LogP contribution in [0.15, 0.2) is 83.9 Å². The fourth-order valence-corrected chi connectivity index (χ4v) is 7.58. The number of amides is 2. The van der Waals surface area contributed by atoms with Gasteiger partial charge in [0.1, 0.15) is 11.5 Å². The monoisotopic (exact) mass is 697 g/mol. The first-order chi connectivity index (χ1) is 24.1. The Bertz CT molecular complexity index is 2040. The molecule has 50 heavy (non-hydrogen) atoms. The molecule has 0 atom stereocenters. The van der Waals surface area contributed by atoms with E-state index in [1.165, 1.54) is 12.1 Å². The number of unbranched alkanes of at least 4 members (excludes halogenated alkanes) is 3. The van der Waals surface area contributed by atoms with Crippen molar-refractivity contribution in [2.24, 2.45) is 0 Å². The summed E-state index contributed by atoms with van der Waals surface area (Å²) in [6.07, 6.45) is 6.24. The number of carbonyl (C=O) groups is 3. The molecule has 0 radical (unpaired) electrons. The van der Waals surface area contributed by atoms with Gasteiger partial charge in [-0.1, -0.05) is 60.0 Å². The lowest BCUT2D eigenvalue weighted by atomic mass is 10.0. The summed E-state index contributed by atoms with van der Waals surface area (Å²) in [6, 6.07) is 21.4. The van der Waals surface area contributed by atoms with Crippen molar-refractivity contribution in [1.29, 1.82) is 0 Å². The number of ketones is 1. The van der Waals surface area contributed by atoms with Crippen LogP contribution < -0.4 is 9.88 Å². The lowest BCUT2D eigenvalue weighted by Gasteiger charge is -2.24. The number of fused-ring (bicyclic) bond motifs is 2. The fraction of sp³-hybridized carbons (Fsp3) is 0.368. The minimum absolute atomic E-state index is 0.00827. The maximum absolute atomic E-state index is 14.8. The van der Waals surface area contributed by atoms with E-state index in [0.717, 1.165) is 45.9 Å². The Morgan fingerprint density at radius 3 is 2.02 bits per heavy atom. The normalized spacial score (nSPS) is 11.6. The highest BCUT2D eigenvalue weighted by Gasteiger charge is 2.34. The molecule has 0 aliphatic heterocycles. The summed E-state index contributed by atoms with van der Waals surface area (Å²) < 4.78 is 33.3. The highest BCUT2D eigenvalue weighted by atomic mass is 32.2. The van der Waals surface area contributed by atoms with E-state index in [0.29, 0.717) is 43.1 Å². The van der Waals surface area contributed by atoms with E-state index in [9.17, 15) is 22.8 Å². The zero-order chi connectivity index (χ0) is 35.7. The number of nitrogens with zero attached hydrogens (tertiary/aromatic N) is 5. The van der Waals surface area contributed by atoms with Crippen molar-refractivity contribution in [2.75, 3.05) is 13.6 Å². The first-order valence-corrected chi connectivity index (χ1v) is 18.7. The third-order valence-electron chi connectivity index (χ3n) is 8.91. The average Bonchev–Trinajstić information content (AvgIpc) is 3.59. The van der Waals surface area contributed by atoms with E-state index in [4.69, 9.17) is 0 Å². The van der Waals surface area contributed by atoms with Crippen molar-refractivity contribution in [3.05, 3.63) is 95.8 Å². The number of hydrogen-bond acceptors (Lipinski definition) is 7. The van der Waals surface area contributed by atoms with E-state index in [-0.39, 0.29) is 41.5 Å². The lowest BCUT2D eigenvalue weighted by molar-refractivity contribution is -0.636. The Balaban J connectivity index is 1.46. The van der Waals surface area contributed by atoms with Gasteiger partial charge in [-0.25, -0.2) is 12.7 Å². The van der Waals surface area contributed by atoms with Gasteiger partial charge in [-0.2, -0.15) is 4.57 Å². The van der Waals surface area contributed by atoms with E-state index in [1.807, 2.05) is 68.6 Å². The van der Waals surface area contributed by atoms with Crippen molar-refractivity contribution in [2.45, 2.75) is 83.2 Å². The zero-order valence-electron chi connectivity index (χ0n) is 29.0. The molecule has 2 aromatic heterocycles. The second-order valence-corrected chi connectivity index (χ2v) is 14.3. The molecule has 12 heteroatoms. The molecule has 11 nitrogen and oxygen atoms in total. The van der Waals surface area contributed by atoms with Gasteiger partial charge in [-0.05, 0) is 57.4 Å². The fourth-order valence-electron chi connectivity index (χ4n) is 6.17. The summed E-state index contributed by atoms with van der Waals surface area (Å²) in [5.41, 5.74) is 3.42. The summed E-state index contributed by atoms with van der Waals surface area (Å²) in [6.45, 7) is 4.79. The third kappa shape index (κ3) is 8.42. The largest absolute Gasteiger partial charge is 0.359 e. The summed E-state index contributed by atoms with van der Waals surface area (Å²) in [5, 5.41) is 12.3. The summed E-state index contributed by atoms with van der Waals surface area (Å²) in [4.78, 5) is 39.1. The van der Waals surface area contributed by atoms with Crippen LogP contribution in [0.4, 0.5) is 0 Å². The van der Waals surface area contributed by atoms with Crippen LogP contribution in [0, 0.1) is 6.92 Å². The molecule has 262 valence electrons. The molecule has 2 heterocycles. The molecule has 1 N–H and O–H groups in total. The molecular formula is C38H45N6O5S+. The minimum Gasteiger partial charge on any atom is -0.359 e. The Morgan fingerprint density at radius 2 is 1.42 bits per heavy atom. The first-order valence-electron chi connectivity index (χ1n) is 17.2. The molecule has 3 aromatic carbocycles. The highest BCUT2D eigenvalue weighted by Crippen LogP contribution is 2.29. The Kier molecular flexibility index (Phi) is 12.1. The Morgan fingerprint density at radius 1 is 0.820 bits per heavy atom. The van der Waals surface area contributed by atoms with Crippen LogP contribution in [-0.4, -0.2) is 58.9 Å². The molecule has 0 aliphatic carbocycles. The number of nitrogens with one attached hydrogen (secondary N) is 1. The van der Waals surface area contributed by atoms with Gasteiger partial charge in [0.25, 0.3) is 15.9 Å². The van der Waals surface area contributed by atoms with E-state index in [2.05, 4.69) is 20.2 Å². The molecule has 0 unspecified atom stereocenters. The predicted octanol–water partition coefficient (Wildman–Crippen LogP) is 5.52. The van der Waals surface area contributed by atoms with Gasteiger partial charge >= 0.3 is 0 Å². The van der Waals surface area contributed by atoms with Crippen LogP contribution in [0.1, 0.15) is 79.9 Å².